The van der Waals surface area contributed by atoms with Crippen LogP contribution in [0.2, 0.25) is 0 Å². The Bertz CT molecular complexity index is 900. The van der Waals surface area contributed by atoms with E-state index in [0.717, 1.165) is 34.9 Å². The summed E-state index contributed by atoms with van der Waals surface area (Å²) in [5, 5.41) is 4.09. The summed E-state index contributed by atoms with van der Waals surface area (Å²) in [6, 6.07) is 14.7. The van der Waals surface area contributed by atoms with Gasteiger partial charge < -0.3 is 9.88 Å². The second kappa shape index (κ2) is 8.17. The SMILES string of the molecule is CCCCNC(=O)C[C@H](c1cccc(F)c1)c1cn(C)c2ccccc12. The first-order valence-corrected chi connectivity index (χ1v) is 9.16. The molecule has 3 nitrogen and oxygen atoms in total. The van der Waals surface area contributed by atoms with Crippen molar-refractivity contribution in [1.29, 1.82) is 0 Å². The molecule has 3 rings (SSSR count). The Balaban J connectivity index is 1.98. The average molecular weight is 352 g/mol. The van der Waals surface area contributed by atoms with Crippen LogP contribution in [0.1, 0.15) is 43.2 Å². The molecule has 4 heteroatoms. The number of rotatable bonds is 7. The maximum Gasteiger partial charge on any atom is 0.220 e. The molecule has 0 radical (unpaired) electrons. The summed E-state index contributed by atoms with van der Waals surface area (Å²) in [7, 11) is 2.00. The first-order chi connectivity index (χ1) is 12.6. The summed E-state index contributed by atoms with van der Waals surface area (Å²) in [5.74, 6) is -0.460. The topological polar surface area (TPSA) is 34.0 Å². The molecule has 0 fully saturated rings. The third-order valence-corrected chi connectivity index (χ3v) is 4.80. The van der Waals surface area contributed by atoms with Gasteiger partial charge in [-0.15, -0.1) is 0 Å². The molecular formula is C22H25FN2O. The smallest absolute Gasteiger partial charge is 0.220 e. The number of amides is 1. The van der Waals surface area contributed by atoms with Gasteiger partial charge in [0.05, 0.1) is 0 Å². The number of hydrogen-bond donors (Lipinski definition) is 1. The first-order valence-electron chi connectivity index (χ1n) is 9.16. The van der Waals surface area contributed by atoms with Crippen molar-refractivity contribution in [2.75, 3.05) is 6.54 Å². The third kappa shape index (κ3) is 3.96. The van der Waals surface area contributed by atoms with Gasteiger partial charge in [0.15, 0.2) is 0 Å². The van der Waals surface area contributed by atoms with Gasteiger partial charge in [0.1, 0.15) is 5.82 Å². The number of halogens is 1. The van der Waals surface area contributed by atoms with E-state index in [4.69, 9.17) is 0 Å². The minimum atomic E-state index is -0.279. The number of nitrogens with one attached hydrogen (secondary N) is 1. The minimum Gasteiger partial charge on any atom is -0.356 e. The third-order valence-electron chi connectivity index (χ3n) is 4.80. The van der Waals surface area contributed by atoms with Gasteiger partial charge >= 0.3 is 0 Å². The molecule has 0 aliphatic rings. The zero-order valence-corrected chi connectivity index (χ0v) is 15.3. The first kappa shape index (κ1) is 18.2. The van der Waals surface area contributed by atoms with E-state index in [1.165, 1.54) is 12.1 Å². The van der Waals surface area contributed by atoms with Crippen molar-refractivity contribution in [3.8, 4) is 0 Å². The molecular weight excluding hydrogens is 327 g/mol. The zero-order chi connectivity index (χ0) is 18.5. The van der Waals surface area contributed by atoms with E-state index in [-0.39, 0.29) is 17.6 Å². The average Bonchev–Trinajstić information content (AvgIpc) is 2.97. The van der Waals surface area contributed by atoms with Gasteiger partial charge in [-0.05, 0) is 35.7 Å². The van der Waals surface area contributed by atoms with Crippen molar-refractivity contribution in [1.82, 2.24) is 9.88 Å². The Morgan fingerprint density at radius 1 is 1.19 bits per heavy atom. The molecule has 0 bridgehead atoms. The minimum absolute atomic E-state index is 0.000598. The van der Waals surface area contributed by atoms with Crippen LogP contribution >= 0.6 is 0 Å². The summed E-state index contributed by atoms with van der Waals surface area (Å²) in [4.78, 5) is 12.5. The van der Waals surface area contributed by atoms with Crippen LogP contribution in [0.5, 0.6) is 0 Å². The van der Waals surface area contributed by atoms with Crippen molar-refractivity contribution in [3.63, 3.8) is 0 Å². The van der Waals surface area contributed by atoms with Crippen LogP contribution in [-0.4, -0.2) is 17.0 Å². The molecule has 0 unspecified atom stereocenters. The van der Waals surface area contributed by atoms with E-state index in [1.807, 2.05) is 25.2 Å². The molecule has 0 spiro atoms. The Kier molecular flexibility index (Phi) is 5.71. The highest BCUT2D eigenvalue weighted by Gasteiger charge is 2.22. The number of nitrogens with zero attached hydrogens (tertiary/aromatic N) is 1. The Morgan fingerprint density at radius 3 is 2.77 bits per heavy atom. The summed E-state index contributed by atoms with van der Waals surface area (Å²) >= 11 is 0. The predicted molar refractivity (Wildman–Crippen MR) is 104 cm³/mol. The monoisotopic (exact) mass is 352 g/mol. The molecule has 0 saturated carbocycles. The molecule has 1 aromatic heterocycles. The number of aromatic nitrogens is 1. The van der Waals surface area contributed by atoms with Crippen molar-refractivity contribution < 1.29 is 9.18 Å². The number of benzene rings is 2. The molecule has 2 aromatic carbocycles. The van der Waals surface area contributed by atoms with Gasteiger partial charge in [0.2, 0.25) is 5.91 Å². The molecule has 1 atom stereocenters. The van der Waals surface area contributed by atoms with Crippen LogP contribution in [0.15, 0.2) is 54.7 Å². The highest BCUT2D eigenvalue weighted by Crippen LogP contribution is 2.34. The van der Waals surface area contributed by atoms with E-state index in [2.05, 4.69) is 35.1 Å². The molecule has 136 valence electrons. The molecule has 0 saturated heterocycles. The van der Waals surface area contributed by atoms with Crippen molar-refractivity contribution >= 4 is 16.8 Å². The molecule has 3 aromatic rings. The van der Waals surface area contributed by atoms with Crippen LogP contribution in [0.4, 0.5) is 4.39 Å². The largest absolute Gasteiger partial charge is 0.356 e. The summed E-state index contributed by atoms with van der Waals surface area (Å²) in [5.41, 5.74) is 2.99. The highest BCUT2D eigenvalue weighted by atomic mass is 19.1. The van der Waals surface area contributed by atoms with Crippen LogP contribution in [0.3, 0.4) is 0 Å². The number of fused-ring (bicyclic) bond motifs is 1. The lowest BCUT2D eigenvalue weighted by Gasteiger charge is -2.17. The summed E-state index contributed by atoms with van der Waals surface area (Å²) < 4.78 is 15.9. The molecule has 0 aliphatic heterocycles. The molecule has 1 heterocycles. The maximum atomic E-state index is 13.8. The zero-order valence-electron chi connectivity index (χ0n) is 15.3. The highest BCUT2D eigenvalue weighted by molar-refractivity contribution is 5.86. The fourth-order valence-electron chi connectivity index (χ4n) is 3.44. The molecule has 1 amide bonds. The Morgan fingerprint density at radius 2 is 2.00 bits per heavy atom. The number of unbranched alkanes of at least 4 members (excludes halogenated alkanes) is 1. The second-order valence-electron chi connectivity index (χ2n) is 6.73. The Hall–Kier alpha value is -2.62. The van der Waals surface area contributed by atoms with Gasteiger partial charge in [-0.3, -0.25) is 4.79 Å². The lowest BCUT2D eigenvalue weighted by molar-refractivity contribution is -0.121. The van der Waals surface area contributed by atoms with E-state index in [0.29, 0.717) is 13.0 Å². The van der Waals surface area contributed by atoms with Crippen LogP contribution in [-0.2, 0) is 11.8 Å². The Labute approximate surface area is 153 Å². The van der Waals surface area contributed by atoms with E-state index < -0.39 is 0 Å². The molecule has 0 aliphatic carbocycles. The second-order valence-corrected chi connectivity index (χ2v) is 6.73. The number of hydrogen-bond acceptors (Lipinski definition) is 1. The number of aryl methyl sites for hydroxylation is 1. The standard InChI is InChI=1S/C22H25FN2O/c1-3-4-12-24-22(26)14-19(16-8-7-9-17(23)13-16)20-15-25(2)21-11-6-5-10-18(20)21/h5-11,13,15,19H,3-4,12,14H2,1-2H3,(H,24,26)/t19-/m1/s1. The van der Waals surface area contributed by atoms with Gasteiger partial charge in [0, 0.05) is 43.0 Å². The molecule has 26 heavy (non-hydrogen) atoms. The number of para-hydroxylation sites is 1. The fourth-order valence-corrected chi connectivity index (χ4v) is 3.44. The quantitative estimate of drug-likeness (QED) is 0.612. The van der Waals surface area contributed by atoms with Crippen molar-refractivity contribution in [2.24, 2.45) is 7.05 Å². The number of carbonyl (C=O) groups is 1. The maximum absolute atomic E-state index is 13.8. The van der Waals surface area contributed by atoms with E-state index in [1.54, 1.807) is 6.07 Å². The van der Waals surface area contributed by atoms with Gasteiger partial charge in [-0.25, -0.2) is 4.39 Å². The summed E-state index contributed by atoms with van der Waals surface area (Å²) in [6.45, 7) is 2.78. The van der Waals surface area contributed by atoms with Gasteiger partial charge in [-0.2, -0.15) is 0 Å². The van der Waals surface area contributed by atoms with Crippen LogP contribution in [0.25, 0.3) is 10.9 Å². The van der Waals surface area contributed by atoms with Gasteiger partial charge in [0.25, 0.3) is 0 Å². The van der Waals surface area contributed by atoms with Crippen LogP contribution in [0, 0.1) is 5.82 Å². The molecule has 1 N–H and O–H groups in total. The lowest BCUT2D eigenvalue weighted by atomic mass is 9.88. The van der Waals surface area contributed by atoms with Crippen molar-refractivity contribution in [3.05, 3.63) is 71.7 Å². The van der Waals surface area contributed by atoms with Crippen LogP contribution < -0.4 is 5.32 Å². The number of carbonyl (C=O) groups excluding carboxylic acids is 1. The predicted octanol–water partition coefficient (Wildman–Crippen LogP) is 4.76. The normalized spacial score (nSPS) is 12.3. The summed E-state index contributed by atoms with van der Waals surface area (Å²) in [6.07, 6.45) is 4.36. The fraction of sp³-hybridized carbons (Fsp3) is 0.318. The lowest BCUT2D eigenvalue weighted by Crippen LogP contribution is -2.26. The van der Waals surface area contributed by atoms with Crippen molar-refractivity contribution in [2.45, 2.75) is 32.1 Å². The van der Waals surface area contributed by atoms with E-state index in [9.17, 15) is 9.18 Å². The van der Waals surface area contributed by atoms with Gasteiger partial charge in [-0.1, -0.05) is 43.7 Å². The van der Waals surface area contributed by atoms with E-state index >= 15 is 0 Å².